The van der Waals surface area contributed by atoms with Gasteiger partial charge in [0.05, 0.1) is 22.7 Å². The van der Waals surface area contributed by atoms with E-state index in [0.717, 1.165) is 0 Å². The van der Waals surface area contributed by atoms with Gasteiger partial charge < -0.3 is 19.8 Å². The van der Waals surface area contributed by atoms with Crippen molar-refractivity contribution < 1.29 is 27.3 Å². The summed E-state index contributed by atoms with van der Waals surface area (Å²) in [5.74, 6) is -1.33. The number of hydrogen-bond donors (Lipinski definition) is 2. The van der Waals surface area contributed by atoms with Crippen LogP contribution in [0.15, 0.2) is 27.2 Å². The SMILES string of the molecule is Cc1[nH]nc(C(F)(F)F)c1NC(=O)c1ccc(Cn2cc(Br)c([N+](=O)[O-])n2)o1. The number of carbonyl (C=O) groups excluding carboxylic acids is 1. The van der Waals surface area contributed by atoms with E-state index < -0.39 is 28.4 Å². The summed E-state index contributed by atoms with van der Waals surface area (Å²) >= 11 is 3.00. The fourth-order valence-corrected chi connectivity index (χ4v) is 2.76. The zero-order valence-electron chi connectivity index (χ0n) is 13.9. The third-order valence-corrected chi connectivity index (χ3v) is 4.09. The minimum Gasteiger partial charge on any atom is -0.454 e. The lowest BCUT2D eigenvalue weighted by Gasteiger charge is -2.07. The highest BCUT2D eigenvalue weighted by Gasteiger charge is 2.38. The van der Waals surface area contributed by atoms with E-state index in [9.17, 15) is 28.1 Å². The number of carbonyl (C=O) groups is 1. The zero-order chi connectivity index (χ0) is 20.6. The lowest BCUT2D eigenvalue weighted by Crippen LogP contribution is -2.16. The molecule has 3 aromatic heterocycles. The van der Waals surface area contributed by atoms with Gasteiger partial charge in [0, 0.05) is 0 Å². The van der Waals surface area contributed by atoms with E-state index in [-0.39, 0.29) is 34.0 Å². The molecule has 3 rings (SSSR count). The summed E-state index contributed by atoms with van der Waals surface area (Å²) < 4.78 is 45.5. The minimum atomic E-state index is -4.75. The van der Waals surface area contributed by atoms with Gasteiger partial charge >= 0.3 is 12.0 Å². The van der Waals surface area contributed by atoms with Crippen molar-refractivity contribution in [3.05, 3.63) is 55.8 Å². The average Bonchev–Trinajstić information content (AvgIpc) is 3.27. The van der Waals surface area contributed by atoms with E-state index >= 15 is 0 Å². The summed E-state index contributed by atoms with van der Waals surface area (Å²) in [6.07, 6.45) is -3.39. The molecule has 148 valence electrons. The number of nitrogens with zero attached hydrogens (tertiary/aromatic N) is 4. The summed E-state index contributed by atoms with van der Waals surface area (Å²) in [5, 5.41) is 22.0. The van der Waals surface area contributed by atoms with Crippen LogP contribution in [0.2, 0.25) is 0 Å². The lowest BCUT2D eigenvalue weighted by atomic mass is 10.2. The van der Waals surface area contributed by atoms with Gasteiger partial charge in [0.25, 0.3) is 5.91 Å². The van der Waals surface area contributed by atoms with Crippen LogP contribution in [0, 0.1) is 17.0 Å². The number of anilines is 1. The highest BCUT2D eigenvalue weighted by atomic mass is 79.9. The van der Waals surface area contributed by atoms with Gasteiger partial charge in [-0.15, -0.1) is 0 Å². The first-order valence-corrected chi connectivity index (χ1v) is 8.25. The molecule has 10 nitrogen and oxygen atoms in total. The van der Waals surface area contributed by atoms with Gasteiger partial charge in [-0.2, -0.15) is 23.0 Å². The van der Waals surface area contributed by atoms with E-state index in [4.69, 9.17) is 4.42 Å². The molecule has 0 aliphatic rings. The van der Waals surface area contributed by atoms with Crippen LogP contribution in [0.4, 0.5) is 24.7 Å². The molecule has 0 atom stereocenters. The van der Waals surface area contributed by atoms with E-state index in [1.165, 1.54) is 29.9 Å². The Kier molecular flexibility index (Phi) is 4.97. The summed E-state index contributed by atoms with van der Waals surface area (Å²) in [5.41, 5.74) is -1.72. The number of hydrogen-bond acceptors (Lipinski definition) is 6. The molecule has 1 amide bonds. The molecule has 0 aliphatic carbocycles. The van der Waals surface area contributed by atoms with Gasteiger partial charge in [-0.3, -0.25) is 9.89 Å². The molecular weight excluding hydrogens is 453 g/mol. The molecule has 14 heteroatoms. The van der Waals surface area contributed by atoms with Gasteiger partial charge in [0.2, 0.25) is 0 Å². The third kappa shape index (κ3) is 3.90. The molecule has 3 aromatic rings. The number of alkyl halides is 3. The molecule has 0 unspecified atom stereocenters. The average molecular weight is 463 g/mol. The zero-order valence-corrected chi connectivity index (χ0v) is 15.5. The van der Waals surface area contributed by atoms with Gasteiger partial charge in [-0.05, 0) is 39.9 Å². The number of furan rings is 1. The normalized spacial score (nSPS) is 11.6. The first-order valence-electron chi connectivity index (χ1n) is 7.46. The number of aromatic amines is 1. The Hall–Kier alpha value is -3.16. The van der Waals surface area contributed by atoms with Gasteiger partial charge in [-0.1, -0.05) is 0 Å². The quantitative estimate of drug-likeness (QED) is 0.440. The molecule has 28 heavy (non-hydrogen) atoms. The standard InChI is InChI=1S/C14H10BrF3N6O4/c1-6-10(11(21-20-6)14(16,17)18)19-13(25)9-3-2-7(28-9)4-23-5-8(15)12(22-23)24(26)27/h2-3,5H,4H2,1H3,(H,19,25)(H,20,21). The number of nitrogens with one attached hydrogen (secondary N) is 2. The maximum Gasteiger partial charge on any atom is 0.437 e. The van der Waals surface area contributed by atoms with Crippen molar-refractivity contribution in [2.24, 2.45) is 0 Å². The van der Waals surface area contributed by atoms with E-state index in [1.54, 1.807) is 0 Å². The van der Waals surface area contributed by atoms with Crippen molar-refractivity contribution in [2.45, 2.75) is 19.6 Å². The Morgan fingerprint density at radius 1 is 1.46 bits per heavy atom. The fraction of sp³-hybridized carbons (Fsp3) is 0.214. The predicted octanol–water partition coefficient (Wildman–Crippen LogP) is 3.50. The van der Waals surface area contributed by atoms with Gasteiger partial charge in [0.1, 0.15) is 16.8 Å². The number of halogens is 4. The van der Waals surface area contributed by atoms with Crippen LogP contribution < -0.4 is 5.32 Å². The van der Waals surface area contributed by atoms with E-state index in [1.807, 2.05) is 0 Å². The second-order valence-electron chi connectivity index (χ2n) is 5.55. The van der Waals surface area contributed by atoms with Crippen LogP contribution in [0.3, 0.4) is 0 Å². The molecule has 0 fully saturated rings. The smallest absolute Gasteiger partial charge is 0.437 e. The number of amides is 1. The van der Waals surface area contributed by atoms with Crippen molar-refractivity contribution in [1.82, 2.24) is 20.0 Å². The number of nitro groups is 1. The molecule has 0 saturated carbocycles. The third-order valence-electron chi connectivity index (χ3n) is 3.53. The van der Waals surface area contributed by atoms with Crippen LogP contribution in [0.25, 0.3) is 0 Å². The minimum absolute atomic E-state index is 0.0288. The van der Waals surface area contributed by atoms with Crippen molar-refractivity contribution in [2.75, 3.05) is 5.32 Å². The monoisotopic (exact) mass is 462 g/mol. The first kappa shape index (κ1) is 19.6. The van der Waals surface area contributed by atoms with E-state index in [2.05, 4.69) is 36.5 Å². The highest BCUT2D eigenvalue weighted by Crippen LogP contribution is 2.34. The van der Waals surface area contributed by atoms with Gasteiger partial charge in [-0.25, -0.2) is 0 Å². The molecule has 3 heterocycles. The van der Waals surface area contributed by atoms with Crippen molar-refractivity contribution >= 4 is 33.3 Å². The Morgan fingerprint density at radius 2 is 2.18 bits per heavy atom. The van der Waals surface area contributed by atoms with Crippen LogP contribution in [0.1, 0.15) is 27.7 Å². The van der Waals surface area contributed by atoms with Crippen LogP contribution >= 0.6 is 15.9 Å². The molecule has 0 spiro atoms. The fourth-order valence-electron chi connectivity index (χ4n) is 2.30. The Labute approximate surface area is 162 Å². The highest BCUT2D eigenvalue weighted by molar-refractivity contribution is 9.10. The van der Waals surface area contributed by atoms with E-state index in [0.29, 0.717) is 0 Å². The maximum atomic E-state index is 12.9. The summed E-state index contributed by atoms with van der Waals surface area (Å²) in [7, 11) is 0. The van der Waals surface area contributed by atoms with Crippen LogP contribution in [-0.2, 0) is 12.7 Å². The molecule has 0 aliphatic heterocycles. The first-order chi connectivity index (χ1) is 13.1. The molecule has 2 N–H and O–H groups in total. The summed E-state index contributed by atoms with van der Waals surface area (Å²) in [6, 6.07) is 2.67. The number of aryl methyl sites for hydroxylation is 1. The predicted molar refractivity (Wildman–Crippen MR) is 90.7 cm³/mol. The number of aromatic nitrogens is 4. The second-order valence-corrected chi connectivity index (χ2v) is 6.40. The summed E-state index contributed by atoms with van der Waals surface area (Å²) in [4.78, 5) is 22.3. The molecule has 0 saturated heterocycles. The molecule has 0 radical (unpaired) electrons. The van der Waals surface area contributed by atoms with Crippen LogP contribution in [0.5, 0.6) is 0 Å². The Balaban J connectivity index is 1.76. The second kappa shape index (κ2) is 7.10. The molecule has 0 aromatic carbocycles. The molecule has 0 bridgehead atoms. The van der Waals surface area contributed by atoms with Crippen molar-refractivity contribution in [3.63, 3.8) is 0 Å². The number of rotatable bonds is 5. The Bertz CT molecular complexity index is 1050. The lowest BCUT2D eigenvalue weighted by molar-refractivity contribution is -0.390. The Morgan fingerprint density at radius 3 is 2.79 bits per heavy atom. The van der Waals surface area contributed by atoms with Gasteiger partial charge in [0.15, 0.2) is 11.5 Å². The topological polar surface area (TPSA) is 132 Å². The van der Waals surface area contributed by atoms with Crippen molar-refractivity contribution in [1.29, 1.82) is 0 Å². The van der Waals surface area contributed by atoms with Crippen LogP contribution in [-0.4, -0.2) is 30.8 Å². The number of H-pyrrole nitrogens is 1. The largest absolute Gasteiger partial charge is 0.454 e. The maximum absolute atomic E-state index is 12.9. The van der Waals surface area contributed by atoms with Crippen molar-refractivity contribution in [3.8, 4) is 0 Å². The summed E-state index contributed by atoms with van der Waals surface area (Å²) in [6.45, 7) is 1.30. The molecular formula is C14H10BrF3N6O4.